The molecule has 0 spiro atoms. The van der Waals surface area contributed by atoms with Crippen LogP contribution in [0, 0.1) is 10.1 Å². The van der Waals surface area contributed by atoms with Crippen LogP contribution < -0.4 is 29.6 Å². The summed E-state index contributed by atoms with van der Waals surface area (Å²) < 4.78 is 21.2. The Balaban J connectivity index is 0.00000196. The van der Waals surface area contributed by atoms with Gasteiger partial charge in [0.25, 0.3) is 5.69 Å². The minimum Gasteiger partial charge on any atom is -0.768 e. The van der Waals surface area contributed by atoms with Crippen LogP contribution >= 0.6 is 23.2 Å². The van der Waals surface area contributed by atoms with E-state index >= 15 is 0 Å². The summed E-state index contributed by atoms with van der Waals surface area (Å²) in [6.07, 6.45) is 0. The fraction of sp³-hybridized carbons (Fsp3) is 0. The van der Waals surface area contributed by atoms with Gasteiger partial charge in [0, 0.05) is 12.1 Å². The van der Waals surface area contributed by atoms with E-state index < -0.39 is 21.7 Å². The molecule has 1 aromatic rings. The Morgan fingerprint density at radius 3 is 2.27 bits per heavy atom. The van der Waals surface area contributed by atoms with E-state index in [1.54, 1.807) is 0 Å². The van der Waals surface area contributed by atoms with Gasteiger partial charge in [-0.15, -0.1) is 0 Å². The number of hydrogen-bond donors (Lipinski definition) is 0. The first-order chi connectivity index (χ1) is 6.43. The van der Waals surface area contributed by atoms with Crippen LogP contribution in [0.3, 0.4) is 0 Å². The SMILES string of the molecule is O=[N+]([O-])c1cc(Cl)c(Cl)c(S(=O)[O-])c1.[Na+]. The number of nitro benzene ring substituents is 1. The molecule has 0 aromatic heterocycles. The van der Waals surface area contributed by atoms with Crippen molar-refractivity contribution in [2.75, 3.05) is 0 Å². The molecule has 1 aromatic carbocycles. The quantitative estimate of drug-likeness (QED) is 0.305. The first-order valence-corrected chi connectivity index (χ1v) is 4.99. The molecule has 0 aliphatic heterocycles. The predicted molar refractivity (Wildman–Crippen MR) is 50.3 cm³/mol. The smallest absolute Gasteiger partial charge is 0.768 e. The van der Waals surface area contributed by atoms with Gasteiger partial charge in [-0.2, -0.15) is 0 Å². The third-order valence-corrected chi connectivity index (χ3v) is 2.97. The van der Waals surface area contributed by atoms with Gasteiger partial charge < -0.3 is 4.55 Å². The third-order valence-electron chi connectivity index (χ3n) is 1.37. The van der Waals surface area contributed by atoms with Crippen molar-refractivity contribution < 1.29 is 43.2 Å². The van der Waals surface area contributed by atoms with Crippen LogP contribution in [0.1, 0.15) is 0 Å². The first-order valence-electron chi connectivity index (χ1n) is 3.16. The predicted octanol–water partition coefficient (Wildman–Crippen LogP) is -0.856. The van der Waals surface area contributed by atoms with E-state index in [0.717, 1.165) is 12.1 Å². The number of nitro groups is 1. The zero-order valence-corrected chi connectivity index (χ0v) is 11.7. The molecule has 1 unspecified atom stereocenters. The maximum Gasteiger partial charge on any atom is 1.00 e. The molecule has 1 rings (SSSR count). The average Bonchev–Trinajstić information content (AvgIpc) is 2.08. The molecule has 9 heteroatoms. The minimum atomic E-state index is -2.65. The normalized spacial score (nSPS) is 11.7. The van der Waals surface area contributed by atoms with Gasteiger partial charge in [0.1, 0.15) is 0 Å². The van der Waals surface area contributed by atoms with Gasteiger partial charge in [-0.25, -0.2) is 0 Å². The van der Waals surface area contributed by atoms with Crippen LogP contribution in [0.15, 0.2) is 17.0 Å². The van der Waals surface area contributed by atoms with Gasteiger partial charge in [-0.05, 0) is 11.1 Å². The van der Waals surface area contributed by atoms with Crippen LogP contribution in [-0.4, -0.2) is 13.7 Å². The molecular weight excluding hydrogens is 276 g/mol. The minimum absolute atomic E-state index is 0. The van der Waals surface area contributed by atoms with Crippen molar-refractivity contribution in [3.63, 3.8) is 0 Å². The molecular formula is C6H2Cl2NNaO4S. The summed E-state index contributed by atoms with van der Waals surface area (Å²) in [6.45, 7) is 0. The summed E-state index contributed by atoms with van der Waals surface area (Å²) >= 11 is 8.37. The molecule has 15 heavy (non-hydrogen) atoms. The summed E-state index contributed by atoms with van der Waals surface area (Å²) in [6, 6.07) is 1.83. The van der Waals surface area contributed by atoms with E-state index in [2.05, 4.69) is 0 Å². The van der Waals surface area contributed by atoms with Crippen LogP contribution in [0.5, 0.6) is 0 Å². The summed E-state index contributed by atoms with van der Waals surface area (Å²) in [5.74, 6) is 0. The molecule has 0 aliphatic rings. The summed E-state index contributed by atoms with van der Waals surface area (Å²) in [7, 11) is 0. The second-order valence-corrected chi connectivity index (χ2v) is 3.93. The number of halogens is 2. The van der Waals surface area contributed by atoms with Gasteiger partial charge in [0.2, 0.25) is 0 Å². The van der Waals surface area contributed by atoms with Crippen molar-refractivity contribution in [1.29, 1.82) is 0 Å². The molecule has 0 saturated carbocycles. The maximum atomic E-state index is 10.6. The molecule has 1 atom stereocenters. The van der Waals surface area contributed by atoms with E-state index in [4.69, 9.17) is 23.2 Å². The Morgan fingerprint density at radius 1 is 1.33 bits per heavy atom. The van der Waals surface area contributed by atoms with Gasteiger partial charge in [-0.1, -0.05) is 23.2 Å². The van der Waals surface area contributed by atoms with Gasteiger partial charge in [0.15, 0.2) is 0 Å². The largest absolute Gasteiger partial charge is 1.00 e. The van der Waals surface area contributed by atoms with Gasteiger partial charge in [-0.3, -0.25) is 14.3 Å². The molecule has 0 fully saturated rings. The number of nitrogens with zero attached hydrogens (tertiary/aromatic N) is 1. The Hall–Kier alpha value is 0.310. The van der Waals surface area contributed by atoms with Crippen LogP contribution in [0.2, 0.25) is 10.0 Å². The monoisotopic (exact) mass is 277 g/mol. The second kappa shape index (κ2) is 6.15. The van der Waals surface area contributed by atoms with E-state index in [1.807, 2.05) is 0 Å². The molecule has 0 saturated heterocycles. The van der Waals surface area contributed by atoms with Crippen molar-refractivity contribution >= 4 is 40.0 Å². The second-order valence-electron chi connectivity index (χ2n) is 2.23. The molecule has 76 valence electrons. The number of hydrogen-bond acceptors (Lipinski definition) is 4. The van der Waals surface area contributed by atoms with E-state index in [9.17, 15) is 18.9 Å². The number of benzene rings is 1. The summed E-state index contributed by atoms with van der Waals surface area (Å²) in [5, 5.41) is 9.96. The van der Waals surface area contributed by atoms with Crippen molar-refractivity contribution in [1.82, 2.24) is 0 Å². The first kappa shape index (κ1) is 15.3. The topological polar surface area (TPSA) is 83.3 Å². The van der Waals surface area contributed by atoms with Crippen LogP contribution in [0.4, 0.5) is 5.69 Å². The Morgan fingerprint density at radius 2 is 1.87 bits per heavy atom. The van der Waals surface area contributed by atoms with Gasteiger partial charge >= 0.3 is 29.6 Å². The zero-order valence-electron chi connectivity index (χ0n) is 7.40. The van der Waals surface area contributed by atoms with E-state index in [-0.39, 0.29) is 44.5 Å². The Kier molecular flexibility index (Phi) is 6.27. The maximum absolute atomic E-state index is 10.6. The molecule has 0 aliphatic carbocycles. The summed E-state index contributed by atoms with van der Waals surface area (Å²) in [4.78, 5) is 9.21. The van der Waals surface area contributed by atoms with E-state index in [1.165, 1.54) is 0 Å². The Labute approximate surface area is 119 Å². The number of rotatable bonds is 2. The zero-order chi connectivity index (χ0) is 10.9. The molecule has 0 radical (unpaired) electrons. The van der Waals surface area contributed by atoms with Crippen LogP contribution in [-0.2, 0) is 11.1 Å². The van der Waals surface area contributed by atoms with Crippen molar-refractivity contribution in [3.8, 4) is 0 Å². The molecule has 5 nitrogen and oxygen atoms in total. The molecule has 0 heterocycles. The fourth-order valence-corrected chi connectivity index (χ4v) is 1.82. The molecule has 0 amide bonds. The standard InChI is InChI=1S/C6H3Cl2NO4S.Na/c7-4-1-3(9(10)11)2-5(6(4)8)14(12)13;/h1-2H,(H,12,13);/q;+1/p-1. The fourth-order valence-electron chi connectivity index (χ4n) is 0.777. The average molecular weight is 278 g/mol. The summed E-state index contributed by atoms with van der Waals surface area (Å²) in [5.41, 5.74) is -0.418. The van der Waals surface area contributed by atoms with Crippen molar-refractivity contribution in [2.45, 2.75) is 4.90 Å². The van der Waals surface area contributed by atoms with E-state index in [0.29, 0.717) is 0 Å². The number of non-ortho nitro benzene ring substituents is 1. The molecule has 0 bridgehead atoms. The molecule has 0 N–H and O–H groups in total. The third kappa shape index (κ3) is 3.67. The van der Waals surface area contributed by atoms with Crippen LogP contribution in [0.25, 0.3) is 0 Å². The van der Waals surface area contributed by atoms with Crippen molar-refractivity contribution in [2.24, 2.45) is 0 Å². The van der Waals surface area contributed by atoms with Crippen molar-refractivity contribution in [3.05, 3.63) is 32.3 Å². The van der Waals surface area contributed by atoms with Gasteiger partial charge in [0.05, 0.1) is 19.9 Å². The Bertz CT molecular complexity index is 428.